The molecule has 2 rings (SSSR count). The highest BCUT2D eigenvalue weighted by atomic mass is 19.1. The summed E-state index contributed by atoms with van der Waals surface area (Å²) in [6, 6.07) is 3.66. The summed E-state index contributed by atoms with van der Waals surface area (Å²) >= 11 is 0. The Morgan fingerprint density at radius 3 is 2.63 bits per heavy atom. The molecule has 6 heteroatoms. The number of hydrogen-bond donors (Lipinski definition) is 2. The first-order valence-corrected chi connectivity index (χ1v) is 6.02. The van der Waals surface area contributed by atoms with Gasteiger partial charge in [0.2, 0.25) is 0 Å². The maximum atomic E-state index is 13.2. The lowest BCUT2D eigenvalue weighted by atomic mass is 10.2. The molecule has 0 radical (unpaired) electrons. The van der Waals surface area contributed by atoms with Crippen LogP contribution in [0.15, 0.2) is 18.2 Å². The van der Waals surface area contributed by atoms with Gasteiger partial charge in [-0.05, 0) is 43.5 Å². The van der Waals surface area contributed by atoms with Crippen LogP contribution in [0, 0.1) is 12.7 Å². The quantitative estimate of drug-likeness (QED) is 0.877. The first kappa shape index (κ1) is 13.3. The van der Waals surface area contributed by atoms with Crippen LogP contribution in [0.2, 0.25) is 0 Å². The zero-order chi connectivity index (χ0) is 14.0. The van der Waals surface area contributed by atoms with Gasteiger partial charge in [-0.1, -0.05) is 0 Å². The van der Waals surface area contributed by atoms with Crippen LogP contribution in [0.3, 0.4) is 0 Å². The highest BCUT2D eigenvalue weighted by Crippen LogP contribution is 2.27. The molecule has 1 aliphatic carbocycles. The Bertz CT molecular complexity index is 494. The summed E-state index contributed by atoms with van der Waals surface area (Å²) in [6.45, 7) is 1.37. The number of carboxylic acid groups (broad SMARTS) is 1. The van der Waals surface area contributed by atoms with Crippen LogP contribution < -0.4 is 5.32 Å². The predicted molar refractivity (Wildman–Crippen MR) is 67.5 cm³/mol. The first-order valence-electron chi connectivity index (χ1n) is 6.02. The van der Waals surface area contributed by atoms with E-state index in [0.717, 1.165) is 12.8 Å². The fraction of sp³-hybridized carbons (Fsp3) is 0.385. The van der Waals surface area contributed by atoms with Crippen LogP contribution in [-0.4, -0.2) is 34.6 Å². The van der Waals surface area contributed by atoms with Crippen LogP contribution in [-0.2, 0) is 4.79 Å². The van der Waals surface area contributed by atoms with Crippen LogP contribution in [0.25, 0.3) is 0 Å². The summed E-state index contributed by atoms with van der Waals surface area (Å²) in [5.74, 6) is -1.50. The number of urea groups is 1. The third-order valence-corrected chi connectivity index (χ3v) is 2.85. The van der Waals surface area contributed by atoms with E-state index >= 15 is 0 Å². The van der Waals surface area contributed by atoms with Gasteiger partial charge in [0.1, 0.15) is 12.4 Å². The summed E-state index contributed by atoms with van der Waals surface area (Å²) in [5.41, 5.74) is 1.02. The molecule has 0 aliphatic heterocycles. The summed E-state index contributed by atoms with van der Waals surface area (Å²) in [5, 5.41) is 11.3. The Kier molecular flexibility index (Phi) is 3.69. The summed E-state index contributed by atoms with van der Waals surface area (Å²) in [7, 11) is 0. The van der Waals surface area contributed by atoms with Crippen molar-refractivity contribution in [3.63, 3.8) is 0 Å². The fourth-order valence-electron chi connectivity index (χ4n) is 1.90. The average Bonchev–Trinajstić information content (AvgIpc) is 3.07. The van der Waals surface area contributed by atoms with E-state index in [1.165, 1.54) is 17.0 Å². The van der Waals surface area contributed by atoms with Gasteiger partial charge >= 0.3 is 12.0 Å². The molecule has 1 saturated carbocycles. The van der Waals surface area contributed by atoms with E-state index in [4.69, 9.17) is 5.11 Å². The molecule has 1 fully saturated rings. The van der Waals surface area contributed by atoms with Crippen molar-refractivity contribution in [3.05, 3.63) is 29.6 Å². The van der Waals surface area contributed by atoms with E-state index in [1.54, 1.807) is 13.0 Å². The molecule has 0 heterocycles. The van der Waals surface area contributed by atoms with Crippen LogP contribution in [0.5, 0.6) is 0 Å². The molecular formula is C13H15FN2O3. The minimum absolute atomic E-state index is 0.0224. The number of carboxylic acids is 1. The van der Waals surface area contributed by atoms with Crippen molar-refractivity contribution in [3.8, 4) is 0 Å². The molecule has 1 aromatic carbocycles. The van der Waals surface area contributed by atoms with Crippen LogP contribution in [0.4, 0.5) is 14.9 Å². The van der Waals surface area contributed by atoms with E-state index in [2.05, 4.69) is 5.32 Å². The topological polar surface area (TPSA) is 69.6 Å². The van der Waals surface area contributed by atoms with E-state index < -0.39 is 17.8 Å². The number of halogens is 1. The number of hydrogen-bond acceptors (Lipinski definition) is 2. The zero-order valence-corrected chi connectivity index (χ0v) is 10.5. The van der Waals surface area contributed by atoms with Crippen molar-refractivity contribution >= 4 is 17.7 Å². The Hall–Kier alpha value is -2.11. The second kappa shape index (κ2) is 5.26. The van der Waals surface area contributed by atoms with E-state index in [9.17, 15) is 14.0 Å². The monoisotopic (exact) mass is 266 g/mol. The normalized spacial score (nSPS) is 14.0. The molecule has 0 aromatic heterocycles. The van der Waals surface area contributed by atoms with Crippen molar-refractivity contribution < 1.29 is 19.1 Å². The third kappa shape index (κ3) is 3.67. The highest BCUT2D eigenvalue weighted by Gasteiger charge is 2.33. The second-order valence-corrected chi connectivity index (χ2v) is 4.70. The van der Waals surface area contributed by atoms with Gasteiger partial charge in [0, 0.05) is 11.7 Å². The molecule has 0 bridgehead atoms. The third-order valence-electron chi connectivity index (χ3n) is 2.85. The number of carbonyl (C=O) groups is 2. The Balaban J connectivity index is 2.07. The second-order valence-electron chi connectivity index (χ2n) is 4.70. The zero-order valence-electron chi connectivity index (χ0n) is 10.5. The molecule has 1 aromatic rings. The van der Waals surface area contributed by atoms with Gasteiger partial charge in [0.05, 0.1) is 0 Å². The Morgan fingerprint density at radius 1 is 1.42 bits per heavy atom. The highest BCUT2D eigenvalue weighted by molar-refractivity contribution is 5.91. The fourth-order valence-corrected chi connectivity index (χ4v) is 1.90. The predicted octanol–water partition coefficient (Wildman–Crippen LogP) is 2.22. The number of aliphatic carboxylic acids is 1. The van der Waals surface area contributed by atoms with Crippen LogP contribution in [0.1, 0.15) is 18.4 Å². The Labute approximate surface area is 110 Å². The smallest absolute Gasteiger partial charge is 0.323 e. The average molecular weight is 266 g/mol. The van der Waals surface area contributed by atoms with E-state index in [1.807, 2.05) is 0 Å². The Morgan fingerprint density at radius 2 is 2.11 bits per heavy atom. The number of aryl methyl sites for hydroxylation is 1. The van der Waals surface area contributed by atoms with Gasteiger partial charge in [-0.2, -0.15) is 0 Å². The van der Waals surface area contributed by atoms with Gasteiger partial charge in [0.25, 0.3) is 0 Å². The van der Waals surface area contributed by atoms with Gasteiger partial charge in [-0.3, -0.25) is 4.79 Å². The molecular weight excluding hydrogens is 251 g/mol. The largest absolute Gasteiger partial charge is 0.480 e. The van der Waals surface area contributed by atoms with Gasteiger partial charge in [0.15, 0.2) is 0 Å². The lowest BCUT2D eigenvalue weighted by molar-refractivity contribution is -0.137. The molecule has 0 saturated heterocycles. The van der Waals surface area contributed by atoms with Crippen molar-refractivity contribution in [2.45, 2.75) is 25.8 Å². The minimum atomic E-state index is -1.06. The standard InChI is InChI=1S/C13H15FN2O3/c1-8-4-9(14)6-10(5-8)15-13(19)16(7-12(17)18)11-2-3-11/h4-6,11H,2-3,7H2,1H3,(H,15,19)(H,17,18). The maximum Gasteiger partial charge on any atom is 0.323 e. The molecule has 2 N–H and O–H groups in total. The number of rotatable bonds is 4. The lowest BCUT2D eigenvalue weighted by Crippen LogP contribution is -2.40. The number of benzene rings is 1. The molecule has 5 nitrogen and oxygen atoms in total. The minimum Gasteiger partial charge on any atom is -0.480 e. The summed E-state index contributed by atoms with van der Waals surface area (Å²) < 4.78 is 13.2. The van der Waals surface area contributed by atoms with E-state index in [-0.39, 0.29) is 12.6 Å². The molecule has 0 atom stereocenters. The van der Waals surface area contributed by atoms with Crippen molar-refractivity contribution in [2.75, 3.05) is 11.9 Å². The maximum absolute atomic E-state index is 13.2. The number of anilines is 1. The van der Waals surface area contributed by atoms with Gasteiger partial charge in [-0.15, -0.1) is 0 Å². The number of amides is 2. The lowest BCUT2D eigenvalue weighted by Gasteiger charge is -2.20. The molecule has 0 spiro atoms. The molecule has 19 heavy (non-hydrogen) atoms. The summed E-state index contributed by atoms with van der Waals surface area (Å²) in [4.78, 5) is 24.0. The molecule has 0 unspecified atom stereocenters. The van der Waals surface area contributed by atoms with Crippen molar-refractivity contribution in [2.24, 2.45) is 0 Å². The molecule has 2 amide bonds. The first-order chi connectivity index (χ1) is 8.95. The number of nitrogens with zero attached hydrogens (tertiary/aromatic N) is 1. The molecule has 102 valence electrons. The SMILES string of the molecule is Cc1cc(F)cc(NC(=O)N(CC(=O)O)C2CC2)c1. The van der Waals surface area contributed by atoms with Crippen LogP contribution >= 0.6 is 0 Å². The molecule has 1 aliphatic rings. The van der Waals surface area contributed by atoms with E-state index in [0.29, 0.717) is 11.3 Å². The van der Waals surface area contributed by atoms with Crippen molar-refractivity contribution in [1.29, 1.82) is 0 Å². The van der Waals surface area contributed by atoms with Gasteiger partial charge < -0.3 is 15.3 Å². The summed E-state index contributed by atoms with van der Waals surface area (Å²) in [6.07, 6.45) is 1.62. The van der Waals surface area contributed by atoms with Crippen molar-refractivity contribution in [1.82, 2.24) is 4.90 Å². The number of nitrogens with one attached hydrogen (secondary N) is 1. The van der Waals surface area contributed by atoms with Gasteiger partial charge in [-0.25, -0.2) is 9.18 Å². The number of carbonyl (C=O) groups excluding carboxylic acids is 1.